The number of fused-ring (bicyclic) bond motifs is 1. The first-order valence-electron chi connectivity index (χ1n) is 13.7. The number of amides is 1. The van der Waals surface area contributed by atoms with E-state index in [4.69, 9.17) is 5.26 Å². The van der Waals surface area contributed by atoms with E-state index in [2.05, 4.69) is 26.8 Å². The highest BCUT2D eigenvalue weighted by Gasteiger charge is 2.47. The predicted molar refractivity (Wildman–Crippen MR) is 152 cm³/mol. The fraction of sp³-hybridized carbons (Fsp3) is 0.387. The lowest BCUT2D eigenvalue weighted by Crippen LogP contribution is -2.43. The molecule has 2 fully saturated rings. The predicted octanol–water partition coefficient (Wildman–Crippen LogP) is 4.27. The van der Waals surface area contributed by atoms with Gasteiger partial charge < -0.3 is 9.80 Å². The minimum atomic E-state index is -3.09. The molecule has 2 aromatic heterocycles. The van der Waals surface area contributed by atoms with Gasteiger partial charge in [0.15, 0.2) is 5.78 Å². The number of likely N-dealkylation sites (N-methyl/N-ethyl adjacent to an activating group) is 1. The molecule has 0 N–H and O–H groups in total. The first kappa shape index (κ1) is 28.5. The van der Waals surface area contributed by atoms with E-state index in [1.54, 1.807) is 12.1 Å². The number of halogens is 2. The Labute approximate surface area is 237 Å². The highest BCUT2D eigenvalue weighted by atomic mass is 19.3. The number of aromatic nitrogens is 2. The molecule has 2 aliphatic heterocycles. The highest BCUT2D eigenvalue weighted by Crippen LogP contribution is 2.32. The largest absolute Gasteiger partial charge is 0.320 e. The Morgan fingerprint density at radius 3 is 2.54 bits per heavy atom. The fourth-order valence-corrected chi connectivity index (χ4v) is 5.26. The van der Waals surface area contributed by atoms with E-state index in [9.17, 15) is 18.4 Å². The molecule has 212 valence electrons. The number of hydrogen-bond acceptors (Lipinski definition) is 7. The molecule has 1 aromatic carbocycles. The Morgan fingerprint density at radius 1 is 1.05 bits per heavy atom. The average molecular weight is 559 g/mol. The van der Waals surface area contributed by atoms with Gasteiger partial charge in [-0.3, -0.25) is 24.5 Å². The van der Waals surface area contributed by atoms with Crippen molar-refractivity contribution in [2.75, 3.05) is 39.8 Å². The molecular weight excluding hydrogens is 526 g/mol. The number of alkyl halides is 2. The zero-order chi connectivity index (χ0) is 29.0. The molecule has 5 rings (SSSR count). The van der Waals surface area contributed by atoms with E-state index in [0.717, 1.165) is 54.4 Å². The lowest BCUT2D eigenvalue weighted by Gasteiger charge is -2.32. The molecule has 1 atom stereocenters. The van der Waals surface area contributed by atoms with Crippen LogP contribution in [-0.4, -0.2) is 88.1 Å². The molecule has 3 aromatic rings. The van der Waals surface area contributed by atoms with Crippen molar-refractivity contribution in [1.82, 2.24) is 24.7 Å². The zero-order valence-electron chi connectivity index (χ0n) is 23.0. The second-order valence-electron chi connectivity index (χ2n) is 10.8. The van der Waals surface area contributed by atoms with E-state index in [1.165, 1.54) is 6.20 Å². The van der Waals surface area contributed by atoms with Crippen molar-refractivity contribution >= 4 is 34.7 Å². The van der Waals surface area contributed by atoms with Gasteiger partial charge in [-0.2, -0.15) is 5.26 Å². The maximum absolute atomic E-state index is 13.7. The maximum Gasteiger partial charge on any atom is 0.268 e. The first-order valence-corrected chi connectivity index (χ1v) is 13.7. The van der Waals surface area contributed by atoms with Gasteiger partial charge >= 0.3 is 0 Å². The van der Waals surface area contributed by atoms with Gasteiger partial charge in [0.2, 0.25) is 5.91 Å². The second-order valence-corrected chi connectivity index (χ2v) is 10.8. The van der Waals surface area contributed by atoms with E-state index in [-0.39, 0.29) is 18.6 Å². The lowest BCUT2D eigenvalue weighted by molar-refractivity contribution is -0.132. The van der Waals surface area contributed by atoms with E-state index < -0.39 is 30.8 Å². The lowest BCUT2D eigenvalue weighted by atomic mass is 10.00. The maximum atomic E-state index is 13.7. The Balaban J connectivity index is 1.23. The molecule has 0 unspecified atom stereocenters. The molecule has 1 amide bonds. The number of nitriles is 1. The summed E-state index contributed by atoms with van der Waals surface area (Å²) in [7, 11) is 2.14. The molecule has 10 heteroatoms. The zero-order valence-corrected chi connectivity index (χ0v) is 23.0. The minimum absolute atomic E-state index is 0.148. The normalized spacial score (nSPS) is 19.6. The fourth-order valence-electron chi connectivity index (χ4n) is 5.26. The second kappa shape index (κ2) is 12.2. The molecule has 4 heterocycles. The summed E-state index contributed by atoms with van der Waals surface area (Å²) < 4.78 is 27.4. The third kappa shape index (κ3) is 6.99. The van der Waals surface area contributed by atoms with Crippen LogP contribution in [0.1, 0.15) is 46.4 Å². The number of pyridine rings is 2. The summed E-state index contributed by atoms with van der Waals surface area (Å²) in [5.41, 5.74) is 3.91. The summed E-state index contributed by atoms with van der Waals surface area (Å²) in [6.07, 6.45) is 6.22. The van der Waals surface area contributed by atoms with Gasteiger partial charge in [-0.1, -0.05) is 24.3 Å². The number of rotatable bonds is 8. The summed E-state index contributed by atoms with van der Waals surface area (Å²) in [5.74, 6) is -3.99. The van der Waals surface area contributed by atoms with Crippen molar-refractivity contribution in [1.29, 1.82) is 5.26 Å². The first-order chi connectivity index (χ1) is 19.7. The Hall–Kier alpha value is -4.07. The topological polar surface area (TPSA) is 93.4 Å². The molecule has 2 saturated heterocycles. The minimum Gasteiger partial charge on any atom is -0.320 e. The van der Waals surface area contributed by atoms with Gasteiger partial charge in [0.25, 0.3) is 5.92 Å². The number of nitrogens with zero attached hydrogens (tertiary/aromatic N) is 6. The quantitative estimate of drug-likeness (QED) is 0.381. The number of carbonyl (C=O) groups excluding carboxylic acids is 2. The van der Waals surface area contributed by atoms with Crippen LogP contribution in [0.2, 0.25) is 0 Å². The molecule has 8 nitrogen and oxygen atoms in total. The van der Waals surface area contributed by atoms with Crippen molar-refractivity contribution in [3.63, 3.8) is 0 Å². The summed E-state index contributed by atoms with van der Waals surface area (Å²) in [4.78, 5) is 40.3. The van der Waals surface area contributed by atoms with Gasteiger partial charge in [-0.25, -0.2) is 8.78 Å². The standard InChI is InChI=1S/C31H32F2N6O2/c1-37-12-14-38(15-13-37)20-24-6-4-23(19-36-24)3-2-22-5-7-28-27(16-22)26(10-11-35-28)29(40)8-9-30(41)39-21-31(32,33)17-25(39)18-34/h2-7,10-11,16,19,25H,8-9,12-15,17,20-21H2,1H3/b3-2+/t25-/m0/s1. The number of Topliss-reactive ketones (excluding diaryl/α,β-unsaturated/α-hetero) is 1. The Morgan fingerprint density at radius 2 is 1.80 bits per heavy atom. The van der Waals surface area contributed by atoms with Gasteiger partial charge in [0.1, 0.15) is 6.04 Å². The number of hydrogen-bond donors (Lipinski definition) is 0. The third-order valence-electron chi connectivity index (χ3n) is 7.67. The molecule has 0 aliphatic carbocycles. The average Bonchev–Trinajstić information content (AvgIpc) is 3.30. The Kier molecular flexibility index (Phi) is 8.47. The molecule has 2 aliphatic rings. The van der Waals surface area contributed by atoms with Crippen LogP contribution in [0.4, 0.5) is 8.78 Å². The SMILES string of the molecule is CN1CCN(Cc2ccc(/C=C/c3ccc4nccc(C(=O)CCC(=O)N5CC(F)(F)C[C@H]5C#N)c4c3)cn2)CC1. The van der Waals surface area contributed by atoms with Crippen LogP contribution in [0, 0.1) is 11.3 Å². The van der Waals surface area contributed by atoms with E-state index >= 15 is 0 Å². The van der Waals surface area contributed by atoms with Gasteiger partial charge in [0, 0.05) is 75.3 Å². The molecule has 0 saturated carbocycles. The van der Waals surface area contributed by atoms with Crippen molar-refractivity contribution in [3.05, 3.63) is 71.2 Å². The number of likely N-dealkylation sites (tertiary alicyclic amines) is 1. The van der Waals surface area contributed by atoms with Crippen LogP contribution in [0.3, 0.4) is 0 Å². The molecule has 0 radical (unpaired) electrons. The van der Waals surface area contributed by atoms with Crippen molar-refractivity contribution in [2.45, 2.75) is 37.8 Å². The van der Waals surface area contributed by atoms with Gasteiger partial charge in [-0.15, -0.1) is 0 Å². The number of piperazine rings is 1. The van der Waals surface area contributed by atoms with Crippen LogP contribution in [0.15, 0.2) is 48.8 Å². The summed E-state index contributed by atoms with van der Waals surface area (Å²) in [6.45, 7) is 4.25. The smallest absolute Gasteiger partial charge is 0.268 e. The van der Waals surface area contributed by atoms with Crippen molar-refractivity contribution < 1.29 is 18.4 Å². The van der Waals surface area contributed by atoms with Crippen LogP contribution in [-0.2, 0) is 11.3 Å². The molecular formula is C31H32F2N6O2. The number of ketones is 1. The van der Waals surface area contributed by atoms with Crippen molar-refractivity contribution in [2.24, 2.45) is 0 Å². The third-order valence-corrected chi connectivity index (χ3v) is 7.67. The van der Waals surface area contributed by atoms with E-state index in [1.807, 2.05) is 48.7 Å². The monoisotopic (exact) mass is 558 g/mol. The molecule has 0 spiro atoms. The van der Waals surface area contributed by atoms with Crippen LogP contribution in [0.25, 0.3) is 23.1 Å². The van der Waals surface area contributed by atoms with Gasteiger partial charge in [-0.05, 0) is 42.4 Å². The van der Waals surface area contributed by atoms with Crippen LogP contribution >= 0.6 is 0 Å². The summed E-state index contributed by atoms with van der Waals surface area (Å²) in [5, 5.41) is 9.80. The van der Waals surface area contributed by atoms with E-state index in [0.29, 0.717) is 16.5 Å². The Bertz CT molecular complexity index is 1490. The molecule has 0 bridgehead atoms. The number of benzene rings is 1. The summed E-state index contributed by atoms with van der Waals surface area (Å²) in [6, 6.07) is 11.9. The highest BCUT2D eigenvalue weighted by molar-refractivity contribution is 6.08. The van der Waals surface area contributed by atoms with Gasteiger partial charge in [0.05, 0.1) is 23.8 Å². The van der Waals surface area contributed by atoms with Crippen LogP contribution < -0.4 is 0 Å². The summed E-state index contributed by atoms with van der Waals surface area (Å²) >= 11 is 0. The van der Waals surface area contributed by atoms with Crippen LogP contribution in [0.5, 0.6) is 0 Å². The number of carbonyl (C=O) groups is 2. The van der Waals surface area contributed by atoms with Crippen molar-refractivity contribution in [3.8, 4) is 6.07 Å². The molecule has 41 heavy (non-hydrogen) atoms.